The highest BCUT2D eigenvalue weighted by molar-refractivity contribution is 5.30. The topological polar surface area (TPSA) is 29.3 Å². The average Bonchev–Trinajstić information content (AvgIpc) is 2.44. The minimum atomic E-state index is 0.215. The van der Waals surface area contributed by atoms with Crippen LogP contribution in [0.4, 0.5) is 0 Å². The Morgan fingerprint density at radius 1 is 1.26 bits per heavy atom. The Bertz CT molecular complexity index is 411. The molecule has 0 spiro atoms. The molecule has 1 aromatic carbocycles. The van der Waals surface area contributed by atoms with Gasteiger partial charge < -0.3 is 5.73 Å². The second-order valence-corrected chi connectivity index (χ2v) is 6.60. The van der Waals surface area contributed by atoms with E-state index in [0.29, 0.717) is 6.04 Å². The Hall–Kier alpha value is -0.860. The second kappa shape index (κ2) is 6.06. The number of benzene rings is 1. The standard InChI is InChI=1S/C17H28N2/c1-4-19(13-17(2,3)12-18)16-10-9-14-7-5-6-8-15(14)11-16/h5-8,16H,4,9-13,18H2,1-3H3. The molecule has 2 heteroatoms. The molecule has 0 heterocycles. The molecule has 0 radical (unpaired) electrons. The first-order valence-corrected chi connectivity index (χ1v) is 7.56. The third kappa shape index (κ3) is 3.58. The van der Waals surface area contributed by atoms with Crippen molar-refractivity contribution in [1.29, 1.82) is 0 Å². The molecule has 106 valence electrons. The van der Waals surface area contributed by atoms with Gasteiger partial charge in [-0.3, -0.25) is 4.90 Å². The highest BCUT2D eigenvalue weighted by atomic mass is 15.2. The largest absolute Gasteiger partial charge is 0.330 e. The summed E-state index contributed by atoms with van der Waals surface area (Å²) in [5.74, 6) is 0. The van der Waals surface area contributed by atoms with Crippen LogP contribution in [0, 0.1) is 5.41 Å². The maximum Gasteiger partial charge on any atom is 0.0139 e. The minimum Gasteiger partial charge on any atom is -0.330 e. The van der Waals surface area contributed by atoms with E-state index in [9.17, 15) is 0 Å². The van der Waals surface area contributed by atoms with Crippen LogP contribution in [-0.4, -0.2) is 30.6 Å². The van der Waals surface area contributed by atoms with E-state index in [2.05, 4.69) is 49.9 Å². The molecule has 1 aliphatic rings. The Morgan fingerprint density at radius 3 is 2.58 bits per heavy atom. The van der Waals surface area contributed by atoms with Crippen LogP contribution < -0.4 is 5.73 Å². The van der Waals surface area contributed by atoms with E-state index in [1.807, 2.05) is 0 Å². The Kier molecular flexibility index (Phi) is 4.64. The molecule has 1 aromatic rings. The van der Waals surface area contributed by atoms with Gasteiger partial charge >= 0.3 is 0 Å². The molecule has 0 saturated heterocycles. The lowest BCUT2D eigenvalue weighted by molar-refractivity contribution is 0.128. The summed E-state index contributed by atoms with van der Waals surface area (Å²) < 4.78 is 0. The van der Waals surface area contributed by atoms with E-state index >= 15 is 0 Å². The van der Waals surface area contributed by atoms with Crippen LogP contribution >= 0.6 is 0 Å². The zero-order valence-electron chi connectivity index (χ0n) is 12.7. The van der Waals surface area contributed by atoms with Gasteiger partial charge in [-0.2, -0.15) is 0 Å². The smallest absolute Gasteiger partial charge is 0.0139 e. The third-order valence-corrected chi connectivity index (χ3v) is 4.43. The number of hydrogen-bond donors (Lipinski definition) is 1. The number of aryl methyl sites for hydroxylation is 1. The van der Waals surface area contributed by atoms with Crippen molar-refractivity contribution in [1.82, 2.24) is 4.90 Å². The Labute approximate surface area is 118 Å². The number of hydrogen-bond acceptors (Lipinski definition) is 2. The molecular weight excluding hydrogens is 232 g/mol. The van der Waals surface area contributed by atoms with Gasteiger partial charge in [0.2, 0.25) is 0 Å². The van der Waals surface area contributed by atoms with Crippen molar-refractivity contribution < 1.29 is 0 Å². The van der Waals surface area contributed by atoms with Gasteiger partial charge in [0.25, 0.3) is 0 Å². The summed E-state index contributed by atoms with van der Waals surface area (Å²) in [5.41, 5.74) is 9.20. The summed E-state index contributed by atoms with van der Waals surface area (Å²) in [6, 6.07) is 9.59. The molecule has 0 bridgehead atoms. The molecule has 0 fully saturated rings. The van der Waals surface area contributed by atoms with Crippen LogP contribution in [0.25, 0.3) is 0 Å². The zero-order valence-corrected chi connectivity index (χ0v) is 12.7. The van der Waals surface area contributed by atoms with Crippen molar-refractivity contribution in [3.63, 3.8) is 0 Å². The number of nitrogens with two attached hydrogens (primary N) is 1. The lowest BCUT2D eigenvalue weighted by Crippen LogP contribution is -2.46. The lowest BCUT2D eigenvalue weighted by atomic mass is 9.85. The molecule has 1 atom stereocenters. The molecule has 0 aromatic heterocycles. The third-order valence-electron chi connectivity index (χ3n) is 4.43. The van der Waals surface area contributed by atoms with Crippen molar-refractivity contribution in [2.24, 2.45) is 11.1 Å². The number of nitrogens with zero attached hydrogens (tertiary/aromatic N) is 1. The summed E-state index contributed by atoms with van der Waals surface area (Å²) >= 11 is 0. The van der Waals surface area contributed by atoms with Crippen LogP contribution in [0.5, 0.6) is 0 Å². The summed E-state index contributed by atoms with van der Waals surface area (Å²) in [4.78, 5) is 2.63. The predicted molar refractivity (Wildman–Crippen MR) is 82.3 cm³/mol. The highest BCUT2D eigenvalue weighted by Gasteiger charge is 2.27. The summed E-state index contributed by atoms with van der Waals surface area (Å²) in [5, 5.41) is 0. The number of fused-ring (bicyclic) bond motifs is 1. The fourth-order valence-electron chi connectivity index (χ4n) is 3.10. The maximum absolute atomic E-state index is 5.89. The average molecular weight is 260 g/mol. The monoisotopic (exact) mass is 260 g/mol. The van der Waals surface area contributed by atoms with Crippen molar-refractivity contribution in [2.75, 3.05) is 19.6 Å². The van der Waals surface area contributed by atoms with Gasteiger partial charge in [0.1, 0.15) is 0 Å². The first-order chi connectivity index (χ1) is 9.05. The fourth-order valence-corrected chi connectivity index (χ4v) is 3.10. The van der Waals surface area contributed by atoms with E-state index in [1.165, 1.54) is 19.3 Å². The van der Waals surface area contributed by atoms with E-state index in [4.69, 9.17) is 5.73 Å². The van der Waals surface area contributed by atoms with Crippen LogP contribution in [0.1, 0.15) is 38.3 Å². The van der Waals surface area contributed by atoms with E-state index in [1.54, 1.807) is 11.1 Å². The summed E-state index contributed by atoms with van der Waals surface area (Å²) in [6.07, 6.45) is 3.70. The summed E-state index contributed by atoms with van der Waals surface area (Å²) in [6.45, 7) is 9.79. The second-order valence-electron chi connectivity index (χ2n) is 6.60. The van der Waals surface area contributed by atoms with E-state index in [-0.39, 0.29) is 5.41 Å². The lowest BCUT2D eigenvalue weighted by Gasteiger charge is -2.39. The van der Waals surface area contributed by atoms with Crippen LogP contribution in [0.2, 0.25) is 0 Å². The number of rotatable bonds is 5. The first-order valence-electron chi connectivity index (χ1n) is 7.56. The van der Waals surface area contributed by atoms with Crippen LogP contribution in [0.15, 0.2) is 24.3 Å². The quantitative estimate of drug-likeness (QED) is 0.882. The van der Waals surface area contributed by atoms with Crippen molar-refractivity contribution >= 4 is 0 Å². The van der Waals surface area contributed by atoms with Crippen molar-refractivity contribution in [2.45, 2.75) is 46.1 Å². The molecule has 1 aliphatic carbocycles. The molecule has 1 unspecified atom stereocenters. The van der Waals surface area contributed by atoms with Crippen molar-refractivity contribution in [3.05, 3.63) is 35.4 Å². The van der Waals surface area contributed by atoms with Gasteiger partial charge in [-0.15, -0.1) is 0 Å². The molecular formula is C17H28N2. The van der Waals surface area contributed by atoms with Gasteiger partial charge in [-0.05, 0) is 48.9 Å². The fraction of sp³-hybridized carbons (Fsp3) is 0.647. The first kappa shape index (κ1) is 14.5. The number of likely N-dealkylation sites (N-methyl/N-ethyl adjacent to an activating group) is 1. The molecule has 2 rings (SSSR count). The van der Waals surface area contributed by atoms with E-state index in [0.717, 1.165) is 19.6 Å². The highest BCUT2D eigenvalue weighted by Crippen LogP contribution is 2.26. The predicted octanol–water partition coefficient (Wildman–Crippen LogP) is 2.85. The van der Waals surface area contributed by atoms with Gasteiger partial charge in [0, 0.05) is 12.6 Å². The van der Waals surface area contributed by atoms with E-state index < -0.39 is 0 Å². The van der Waals surface area contributed by atoms with Gasteiger partial charge in [0.05, 0.1) is 0 Å². The molecule has 19 heavy (non-hydrogen) atoms. The zero-order chi connectivity index (χ0) is 13.9. The molecule has 0 saturated carbocycles. The van der Waals surface area contributed by atoms with Crippen LogP contribution in [-0.2, 0) is 12.8 Å². The minimum absolute atomic E-state index is 0.215. The summed E-state index contributed by atoms with van der Waals surface area (Å²) in [7, 11) is 0. The van der Waals surface area contributed by atoms with Crippen molar-refractivity contribution in [3.8, 4) is 0 Å². The maximum atomic E-state index is 5.89. The molecule has 0 amide bonds. The van der Waals surface area contributed by atoms with Gasteiger partial charge in [0.15, 0.2) is 0 Å². The molecule has 0 aliphatic heterocycles. The van der Waals surface area contributed by atoms with Crippen LogP contribution in [0.3, 0.4) is 0 Å². The normalized spacial score (nSPS) is 19.5. The SMILES string of the molecule is CCN(CC(C)(C)CN)C1CCc2ccccc2C1. The molecule has 2 N–H and O–H groups in total. The Balaban J connectivity index is 2.06. The molecule has 2 nitrogen and oxygen atoms in total. The Morgan fingerprint density at radius 2 is 1.95 bits per heavy atom. The van der Waals surface area contributed by atoms with Gasteiger partial charge in [-0.1, -0.05) is 45.0 Å². The van der Waals surface area contributed by atoms with Gasteiger partial charge in [-0.25, -0.2) is 0 Å².